The molecular formula is C13H22O2. The van der Waals surface area contributed by atoms with Crippen LogP contribution < -0.4 is 0 Å². The summed E-state index contributed by atoms with van der Waals surface area (Å²) < 4.78 is 0. The SMILES string of the molecule is CCCCC1C=C(O)C(=O)C1CCCC. The first-order valence-electron chi connectivity index (χ1n) is 6.15. The Labute approximate surface area is 92.4 Å². The normalized spacial score (nSPS) is 25.7. The van der Waals surface area contributed by atoms with Crippen molar-refractivity contribution in [3.63, 3.8) is 0 Å². The average Bonchev–Trinajstić information content (AvgIpc) is 2.50. The summed E-state index contributed by atoms with van der Waals surface area (Å²) in [6.45, 7) is 4.29. The van der Waals surface area contributed by atoms with Crippen LogP contribution in [0.1, 0.15) is 52.4 Å². The van der Waals surface area contributed by atoms with Crippen molar-refractivity contribution in [1.29, 1.82) is 0 Å². The molecule has 0 radical (unpaired) electrons. The lowest BCUT2D eigenvalue weighted by molar-refractivity contribution is -0.121. The molecule has 0 aromatic rings. The quantitative estimate of drug-likeness (QED) is 0.727. The van der Waals surface area contributed by atoms with Crippen LogP contribution in [0.5, 0.6) is 0 Å². The van der Waals surface area contributed by atoms with E-state index in [1.54, 1.807) is 6.08 Å². The second-order valence-electron chi connectivity index (χ2n) is 4.47. The first kappa shape index (κ1) is 12.3. The first-order chi connectivity index (χ1) is 7.20. The van der Waals surface area contributed by atoms with E-state index >= 15 is 0 Å². The molecule has 0 saturated heterocycles. The summed E-state index contributed by atoms with van der Waals surface area (Å²) in [6.07, 6.45) is 8.25. The van der Waals surface area contributed by atoms with Gasteiger partial charge in [-0.25, -0.2) is 0 Å². The summed E-state index contributed by atoms with van der Waals surface area (Å²) in [4.78, 5) is 11.7. The molecule has 0 aromatic carbocycles. The maximum absolute atomic E-state index is 11.7. The number of carbonyl (C=O) groups excluding carboxylic acids is 1. The number of allylic oxidation sites excluding steroid dienone is 2. The smallest absolute Gasteiger partial charge is 0.200 e. The highest BCUT2D eigenvalue weighted by molar-refractivity contribution is 5.97. The van der Waals surface area contributed by atoms with Gasteiger partial charge in [0, 0.05) is 5.92 Å². The van der Waals surface area contributed by atoms with E-state index in [0.717, 1.165) is 38.5 Å². The number of carbonyl (C=O) groups is 1. The van der Waals surface area contributed by atoms with Crippen LogP contribution in [0.15, 0.2) is 11.8 Å². The van der Waals surface area contributed by atoms with Gasteiger partial charge in [0.2, 0.25) is 0 Å². The van der Waals surface area contributed by atoms with Crippen LogP contribution in [-0.4, -0.2) is 10.9 Å². The third-order valence-corrected chi connectivity index (χ3v) is 3.24. The minimum absolute atomic E-state index is 0.0113. The fourth-order valence-corrected chi connectivity index (χ4v) is 2.28. The van der Waals surface area contributed by atoms with Gasteiger partial charge in [-0.2, -0.15) is 0 Å². The minimum atomic E-state index is -0.0236. The third kappa shape index (κ3) is 3.08. The van der Waals surface area contributed by atoms with Crippen molar-refractivity contribution in [3.8, 4) is 0 Å². The van der Waals surface area contributed by atoms with Gasteiger partial charge in [0.1, 0.15) is 0 Å². The van der Waals surface area contributed by atoms with E-state index in [2.05, 4.69) is 13.8 Å². The molecule has 1 N–H and O–H groups in total. The van der Waals surface area contributed by atoms with Gasteiger partial charge in [0.25, 0.3) is 0 Å². The first-order valence-corrected chi connectivity index (χ1v) is 6.15. The number of aliphatic hydroxyl groups is 1. The molecule has 0 heterocycles. The second kappa shape index (κ2) is 5.94. The van der Waals surface area contributed by atoms with Gasteiger partial charge in [-0.1, -0.05) is 39.5 Å². The van der Waals surface area contributed by atoms with Gasteiger partial charge < -0.3 is 5.11 Å². The summed E-state index contributed by atoms with van der Waals surface area (Å²) in [7, 11) is 0. The van der Waals surface area contributed by atoms with E-state index in [1.165, 1.54) is 0 Å². The number of unbranched alkanes of at least 4 members (excludes halogenated alkanes) is 2. The molecule has 2 unspecified atom stereocenters. The van der Waals surface area contributed by atoms with Gasteiger partial charge in [-0.3, -0.25) is 4.79 Å². The van der Waals surface area contributed by atoms with Gasteiger partial charge in [0.05, 0.1) is 0 Å². The molecule has 1 aliphatic carbocycles. The van der Waals surface area contributed by atoms with E-state index in [4.69, 9.17) is 0 Å². The summed E-state index contributed by atoms with van der Waals surface area (Å²) >= 11 is 0. The number of ketones is 1. The van der Waals surface area contributed by atoms with Crippen molar-refractivity contribution in [1.82, 2.24) is 0 Å². The zero-order valence-corrected chi connectivity index (χ0v) is 9.83. The highest BCUT2D eigenvalue weighted by atomic mass is 16.3. The highest BCUT2D eigenvalue weighted by Crippen LogP contribution is 2.33. The molecule has 0 amide bonds. The molecule has 0 aliphatic heterocycles. The van der Waals surface area contributed by atoms with E-state index in [1.807, 2.05) is 0 Å². The second-order valence-corrected chi connectivity index (χ2v) is 4.47. The topological polar surface area (TPSA) is 37.3 Å². The van der Waals surface area contributed by atoms with Crippen LogP contribution in [0, 0.1) is 11.8 Å². The van der Waals surface area contributed by atoms with Crippen molar-refractivity contribution in [2.45, 2.75) is 52.4 Å². The highest BCUT2D eigenvalue weighted by Gasteiger charge is 2.34. The molecule has 86 valence electrons. The Balaban J connectivity index is 2.53. The number of rotatable bonds is 6. The van der Waals surface area contributed by atoms with Gasteiger partial charge in [-0.15, -0.1) is 0 Å². The molecule has 2 nitrogen and oxygen atoms in total. The van der Waals surface area contributed by atoms with Gasteiger partial charge in [0.15, 0.2) is 11.5 Å². The fraction of sp³-hybridized carbons (Fsp3) is 0.769. The molecule has 0 aromatic heterocycles. The van der Waals surface area contributed by atoms with Gasteiger partial charge in [-0.05, 0) is 24.8 Å². The lowest BCUT2D eigenvalue weighted by atomic mass is 9.86. The molecule has 15 heavy (non-hydrogen) atoms. The van der Waals surface area contributed by atoms with Crippen LogP contribution in [0.3, 0.4) is 0 Å². The number of hydrogen-bond donors (Lipinski definition) is 1. The maximum Gasteiger partial charge on any atom is 0.200 e. The number of Topliss-reactive ketones (excluding diaryl/α,β-unsaturated/α-hetero) is 1. The summed E-state index contributed by atoms with van der Waals surface area (Å²) in [5.74, 6) is 0.349. The van der Waals surface area contributed by atoms with Crippen LogP contribution in [0.4, 0.5) is 0 Å². The molecular weight excluding hydrogens is 188 g/mol. The number of aliphatic hydroxyl groups excluding tert-OH is 1. The standard InChI is InChI=1S/C13H22O2/c1-3-5-7-10-9-12(14)13(15)11(10)8-6-4-2/h9-11,14H,3-8H2,1-2H3. The van der Waals surface area contributed by atoms with Crippen LogP contribution in [0.2, 0.25) is 0 Å². The van der Waals surface area contributed by atoms with E-state index in [-0.39, 0.29) is 17.5 Å². The average molecular weight is 210 g/mol. The molecule has 2 heteroatoms. The van der Waals surface area contributed by atoms with Crippen molar-refractivity contribution >= 4 is 5.78 Å². The Hall–Kier alpha value is -0.790. The zero-order valence-electron chi connectivity index (χ0n) is 9.83. The van der Waals surface area contributed by atoms with Crippen LogP contribution in [-0.2, 0) is 4.79 Å². The molecule has 1 rings (SSSR count). The lowest BCUT2D eigenvalue weighted by Gasteiger charge is -2.16. The molecule has 0 fully saturated rings. The lowest BCUT2D eigenvalue weighted by Crippen LogP contribution is -2.17. The molecule has 0 spiro atoms. The van der Waals surface area contributed by atoms with Crippen LogP contribution >= 0.6 is 0 Å². The zero-order chi connectivity index (χ0) is 11.3. The van der Waals surface area contributed by atoms with E-state index in [9.17, 15) is 9.90 Å². The Morgan fingerprint density at radius 3 is 2.40 bits per heavy atom. The Morgan fingerprint density at radius 2 is 1.80 bits per heavy atom. The summed E-state index contributed by atoms with van der Waals surface area (Å²) in [5.41, 5.74) is 0. The van der Waals surface area contributed by atoms with Crippen molar-refractivity contribution in [2.24, 2.45) is 11.8 Å². The van der Waals surface area contributed by atoms with Crippen LogP contribution in [0.25, 0.3) is 0 Å². The fourth-order valence-electron chi connectivity index (χ4n) is 2.28. The van der Waals surface area contributed by atoms with E-state index in [0.29, 0.717) is 5.92 Å². The Kier molecular flexibility index (Phi) is 4.86. The third-order valence-electron chi connectivity index (χ3n) is 3.24. The summed E-state index contributed by atoms with van der Waals surface area (Å²) in [6, 6.07) is 0. The molecule has 1 aliphatic rings. The largest absolute Gasteiger partial charge is 0.505 e. The number of hydrogen-bond acceptors (Lipinski definition) is 2. The van der Waals surface area contributed by atoms with Crippen molar-refractivity contribution < 1.29 is 9.90 Å². The van der Waals surface area contributed by atoms with Crippen molar-refractivity contribution in [3.05, 3.63) is 11.8 Å². The molecule has 2 atom stereocenters. The molecule has 0 bridgehead atoms. The summed E-state index contributed by atoms with van der Waals surface area (Å²) in [5, 5.41) is 9.45. The van der Waals surface area contributed by atoms with E-state index < -0.39 is 0 Å². The monoisotopic (exact) mass is 210 g/mol. The maximum atomic E-state index is 11.7. The van der Waals surface area contributed by atoms with Crippen molar-refractivity contribution in [2.75, 3.05) is 0 Å². The van der Waals surface area contributed by atoms with Gasteiger partial charge >= 0.3 is 0 Å². The Morgan fingerprint density at radius 1 is 1.20 bits per heavy atom. The Bertz CT molecular complexity index is 243. The minimum Gasteiger partial charge on any atom is -0.505 e. The molecule has 0 saturated carbocycles. The predicted molar refractivity (Wildman–Crippen MR) is 61.7 cm³/mol. The predicted octanol–water partition coefficient (Wildman–Crippen LogP) is 3.62.